The van der Waals surface area contributed by atoms with Crippen molar-refractivity contribution in [3.05, 3.63) is 52.0 Å². The zero-order valence-corrected chi connectivity index (χ0v) is 16.7. The fourth-order valence-corrected chi connectivity index (χ4v) is 4.18. The lowest BCUT2D eigenvalue weighted by Crippen LogP contribution is -2.39. The topological polar surface area (TPSA) is 63.4 Å². The Balaban J connectivity index is 1.35. The molecule has 0 saturated carbocycles. The largest absolute Gasteiger partial charge is 0.346 e. The average molecular weight is 401 g/mol. The van der Waals surface area contributed by atoms with Crippen molar-refractivity contribution in [2.45, 2.75) is 51.7 Å². The van der Waals surface area contributed by atoms with Crippen molar-refractivity contribution in [3.8, 4) is 0 Å². The Morgan fingerprint density at radius 1 is 0.966 bits per heavy atom. The third kappa shape index (κ3) is 4.75. The monoisotopic (exact) mass is 401 g/mol. The highest BCUT2D eigenvalue weighted by Crippen LogP contribution is 2.12. The minimum Gasteiger partial charge on any atom is -0.340 e. The molecule has 29 heavy (non-hydrogen) atoms. The van der Waals surface area contributed by atoms with Gasteiger partial charge in [-0.2, -0.15) is 5.10 Å². The molecule has 2 aliphatic rings. The van der Waals surface area contributed by atoms with Gasteiger partial charge in [0.05, 0.1) is 0 Å². The molecule has 4 rings (SSSR count). The maximum atomic E-state index is 13.1. The minimum atomic E-state index is -0.229. The molecule has 1 saturated heterocycles. The highest BCUT2D eigenvalue weighted by molar-refractivity contribution is 5.75. The number of aromatic nitrogens is 3. The lowest BCUT2D eigenvalue weighted by atomic mass is 10.2. The van der Waals surface area contributed by atoms with E-state index in [0.29, 0.717) is 19.6 Å². The van der Waals surface area contributed by atoms with Crippen LogP contribution in [0.3, 0.4) is 0 Å². The number of aryl methyl sites for hydroxylation is 1. The smallest absolute Gasteiger partial charge is 0.340 e. The van der Waals surface area contributed by atoms with Crippen molar-refractivity contribution < 1.29 is 9.18 Å². The summed E-state index contributed by atoms with van der Waals surface area (Å²) < 4.78 is 16.2. The van der Waals surface area contributed by atoms with E-state index in [1.165, 1.54) is 16.8 Å². The van der Waals surface area contributed by atoms with Crippen molar-refractivity contribution in [2.24, 2.45) is 0 Å². The fourth-order valence-electron chi connectivity index (χ4n) is 4.18. The SMILES string of the molecule is O=C(Cn1nc2n(c1=O)CCCCC2)N1CCCN(Cc2ccc(F)cc2)CC1. The van der Waals surface area contributed by atoms with Gasteiger partial charge in [0.15, 0.2) is 0 Å². The second-order valence-corrected chi connectivity index (χ2v) is 7.96. The van der Waals surface area contributed by atoms with E-state index in [-0.39, 0.29) is 24.0 Å². The Bertz CT molecular complexity index is 905. The molecule has 8 heteroatoms. The van der Waals surface area contributed by atoms with E-state index in [1.54, 1.807) is 16.7 Å². The van der Waals surface area contributed by atoms with Crippen LogP contribution in [0.4, 0.5) is 4.39 Å². The molecule has 0 atom stereocenters. The van der Waals surface area contributed by atoms with Crippen LogP contribution in [0.15, 0.2) is 29.1 Å². The first-order chi connectivity index (χ1) is 14.1. The number of carbonyl (C=O) groups excluding carboxylic acids is 1. The Labute approximate surface area is 169 Å². The summed E-state index contributed by atoms with van der Waals surface area (Å²) in [7, 11) is 0. The summed E-state index contributed by atoms with van der Waals surface area (Å²) in [6.45, 7) is 4.41. The van der Waals surface area contributed by atoms with Gasteiger partial charge < -0.3 is 4.90 Å². The Kier molecular flexibility index (Phi) is 6.08. The lowest BCUT2D eigenvalue weighted by molar-refractivity contribution is -0.132. The summed E-state index contributed by atoms with van der Waals surface area (Å²) in [6.07, 6.45) is 4.83. The molecule has 7 nitrogen and oxygen atoms in total. The molecular weight excluding hydrogens is 373 g/mol. The van der Waals surface area contributed by atoms with E-state index >= 15 is 0 Å². The molecule has 0 aliphatic carbocycles. The van der Waals surface area contributed by atoms with Crippen LogP contribution in [0.25, 0.3) is 0 Å². The number of carbonyl (C=O) groups is 1. The van der Waals surface area contributed by atoms with E-state index in [4.69, 9.17) is 0 Å². The first kappa shape index (κ1) is 19.8. The maximum Gasteiger partial charge on any atom is 0.346 e. The quantitative estimate of drug-likeness (QED) is 0.782. The van der Waals surface area contributed by atoms with Gasteiger partial charge in [0.2, 0.25) is 5.91 Å². The van der Waals surface area contributed by atoms with Gasteiger partial charge in [-0.3, -0.25) is 14.3 Å². The van der Waals surface area contributed by atoms with Gasteiger partial charge in [0.1, 0.15) is 18.2 Å². The van der Waals surface area contributed by atoms with E-state index in [1.807, 2.05) is 4.90 Å². The number of rotatable bonds is 4. The Morgan fingerprint density at radius 2 is 1.79 bits per heavy atom. The summed E-state index contributed by atoms with van der Waals surface area (Å²) >= 11 is 0. The third-order valence-corrected chi connectivity index (χ3v) is 5.83. The minimum absolute atomic E-state index is 0.0107. The molecule has 0 spiro atoms. The van der Waals surface area contributed by atoms with Gasteiger partial charge in [0, 0.05) is 45.7 Å². The van der Waals surface area contributed by atoms with Crippen molar-refractivity contribution in [1.29, 1.82) is 0 Å². The van der Waals surface area contributed by atoms with Gasteiger partial charge in [-0.25, -0.2) is 13.9 Å². The molecule has 0 bridgehead atoms. The number of amides is 1. The van der Waals surface area contributed by atoms with E-state index in [9.17, 15) is 14.0 Å². The predicted octanol–water partition coefficient (Wildman–Crippen LogP) is 1.64. The van der Waals surface area contributed by atoms with Gasteiger partial charge in [-0.1, -0.05) is 18.6 Å². The van der Waals surface area contributed by atoms with E-state index < -0.39 is 0 Å². The summed E-state index contributed by atoms with van der Waals surface area (Å²) in [5, 5.41) is 4.43. The zero-order valence-electron chi connectivity index (χ0n) is 16.7. The second-order valence-electron chi connectivity index (χ2n) is 7.96. The van der Waals surface area contributed by atoms with Crippen LogP contribution in [0, 0.1) is 5.82 Å². The molecule has 2 aliphatic heterocycles. The molecule has 1 fully saturated rings. The van der Waals surface area contributed by atoms with Gasteiger partial charge in [0.25, 0.3) is 0 Å². The number of nitrogens with zero attached hydrogens (tertiary/aromatic N) is 5. The summed E-state index contributed by atoms with van der Waals surface area (Å²) in [5.74, 6) is 0.527. The molecule has 2 aromatic rings. The average Bonchev–Trinajstić information content (AvgIpc) is 2.95. The predicted molar refractivity (Wildman–Crippen MR) is 107 cm³/mol. The Hall–Kier alpha value is -2.48. The van der Waals surface area contributed by atoms with E-state index in [2.05, 4.69) is 10.00 Å². The normalized spacial score (nSPS) is 18.2. The van der Waals surface area contributed by atoms with Crippen LogP contribution in [0.2, 0.25) is 0 Å². The molecule has 1 amide bonds. The van der Waals surface area contributed by atoms with Gasteiger partial charge in [-0.05, 0) is 37.0 Å². The summed E-state index contributed by atoms with van der Waals surface area (Å²) in [4.78, 5) is 29.5. The number of halogens is 1. The van der Waals surface area contributed by atoms with Crippen LogP contribution >= 0.6 is 0 Å². The molecular formula is C21H28FN5O2. The van der Waals surface area contributed by atoms with Crippen LogP contribution in [0.5, 0.6) is 0 Å². The lowest BCUT2D eigenvalue weighted by Gasteiger charge is -2.22. The van der Waals surface area contributed by atoms with Crippen LogP contribution in [0.1, 0.15) is 37.1 Å². The Morgan fingerprint density at radius 3 is 2.62 bits per heavy atom. The molecule has 1 aromatic carbocycles. The van der Waals surface area contributed by atoms with E-state index in [0.717, 1.165) is 63.1 Å². The van der Waals surface area contributed by atoms with Crippen LogP contribution in [-0.2, 0) is 30.8 Å². The number of benzene rings is 1. The summed E-state index contributed by atoms with van der Waals surface area (Å²) in [5.41, 5.74) is 0.903. The number of fused-ring (bicyclic) bond motifs is 1. The summed E-state index contributed by atoms with van der Waals surface area (Å²) in [6, 6.07) is 6.57. The van der Waals surface area contributed by atoms with Crippen LogP contribution in [-0.4, -0.2) is 56.2 Å². The standard InChI is InChI=1S/C21H28FN5O2/c22-18-8-6-17(7-9-18)15-24-10-4-11-25(14-13-24)20(28)16-27-21(29)26-12-3-1-2-5-19(26)23-27/h6-9H,1-5,10-16H2. The van der Waals surface area contributed by atoms with Crippen molar-refractivity contribution in [2.75, 3.05) is 26.2 Å². The molecule has 1 aromatic heterocycles. The van der Waals surface area contributed by atoms with Crippen molar-refractivity contribution in [1.82, 2.24) is 24.1 Å². The maximum absolute atomic E-state index is 13.1. The van der Waals surface area contributed by atoms with Crippen molar-refractivity contribution >= 4 is 5.91 Å². The first-order valence-electron chi connectivity index (χ1n) is 10.5. The number of hydrogen-bond acceptors (Lipinski definition) is 4. The van der Waals surface area contributed by atoms with Crippen LogP contribution < -0.4 is 5.69 Å². The first-order valence-corrected chi connectivity index (χ1v) is 10.5. The zero-order chi connectivity index (χ0) is 20.2. The molecule has 3 heterocycles. The molecule has 0 unspecified atom stereocenters. The second kappa shape index (κ2) is 8.90. The number of hydrogen-bond donors (Lipinski definition) is 0. The third-order valence-electron chi connectivity index (χ3n) is 5.83. The molecule has 0 N–H and O–H groups in total. The highest BCUT2D eigenvalue weighted by Gasteiger charge is 2.22. The van der Waals surface area contributed by atoms with Gasteiger partial charge in [-0.15, -0.1) is 0 Å². The van der Waals surface area contributed by atoms with Crippen molar-refractivity contribution in [3.63, 3.8) is 0 Å². The fraction of sp³-hybridized carbons (Fsp3) is 0.571. The molecule has 0 radical (unpaired) electrons. The molecule has 156 valence electrons. The van der Waals surface area contributed by atoms with Gasteiger partial charge >= 0.3 is 5.69 Å². The highest BCUT2D eigenvalue weighted by atomic mass is 19.1.